The Hall–Kier alpha value is -2.86. The molecule has 2 N–H and O–H groups in total. The van der Waals surface area contributed by atoms with Crippen LogP contribution in [0.1, 0.15) is 38.3 Å². The Bertz CT molecular complexity index is 1080. The Morgan fingerprint density at radius 2 is 2.06 bits per heavy atom. The van der Waals surface area contributed by atoms with E-state index in [1.54, 1.807) is 12.3 Å². The minimum absolute atomic E-state index is 0.000214. The van der Waals surface area contributed by atoms with E-state index >= 15 is 0 Å². The Balaban J connectivity index is 1.44. The molecule has 2 aromatic rings. The van der Waals surface area contributed by atoms with Crippen molar-refractivity contribution in [1.82, 2.24) is 4.98 Å². The Morgan fingerprint density at radius 3 is 2.81 bits per heavy atom. The molecular weight excluding hydrogens is 407 g/mol. The lowest BCUT2D eigenvalue weighted by molar-refractivity contribution is -0.145. The van der Waals surface area contributed by atoms with Gasteiger partial charge in [0.2, 0.25) is 0 Å². The standard InChI is InChI=1S/C26H27FN2O3/c1-15-24-22(25(31)32-15)13-18-12-21(30)9-10-26(18,28)23(24)8-7-20-6-5-17(14-29-20)16-3-2-4-19(27)11-16/h2-8,11,14-15,18,22-24H,9-10,12-13,28H2,1H3/b8-7+/t15-,18+,22-,23-,24?,26+/m1/s1. The number of halogens is 1. The van der Waals surface area contributed by atoms with Crippen molar-refractivity contribution in [1.29, 1.82) is 0 Å². The lowest BCUT2D eigenvalue weighted by Gasteiger charge is -2.52. The van der Waals surface area contributed by atoms with Gasteiger partial charge in [0.05, 0.1) is 11.6 Å². The van der Waals surface area contributed by atoms with Gasteiger partial charge in [-0.2, -0.15) is 0 Å². The molecule has 1 saturated heterocycles. The highest BCUT2D eigenvalue weighted by Gasteiger charge is 2.59. The second kappa shape index (κ2) is 7.93. The SMILES string of the molecule is C[C@H]1OC(=O)[C@@H]2C[C@@H]3CC(=O)CC[C@@]3(N)[C@H](/C=C/c3ccc(-c4cccc(F)c4)cn3)C12. The number of nitrogens with zero attached hydrogens (tertiary/aromatic N) is 1. The lowest BCUT2D eigenvalue weighted by Crippen LogP contribution is -2.62. The summed E-state index contributed by atoms with van der Waals surface area (Å²) >= 11 is 0. The van der Waals surface area contributed by atoms with Crippen LogP contribution < -0.4 is 5.73 Å². The first-order valence-electron chi connectivity index (χ1n) is 11.3. The van der Waals surface area contributed by atoms with Crippen molar-refractivity contribution in [3.8, 4) is 11.1 Å². The van der Waals surface area contributed by atoms with Crippen molar-refractivity contribution in [3.05, 3.63) is 60.2 Å². The summed E-state index contributed by atoms with van der Waals surface area (Å²) in [6, 6.07) is 10.2. The number of Topliss-reactive ketones (excluding diaryl/α,β-unsaturated/α-hetero) is 1. The zero-order chi connectivity index (χ0) is 22.5. The normalized spacial score (nSPS) is 34.3. The number of cyclic esters (lactones) is 1. The van der Waals surface area contributed by atoms with E-state index in [2.05, 4.69) is 11.1 Å². The number of esters is 1. The van der Waals surface area contributed by atoms with Crippen molar-refractivity contribution in [2.24, 2.45) is 29.4 Å². The molecule has 3 aliphatic rings. The largest absolute Gasteiger partial charge is 0.462 e. The first-order chi connectivity index (χ1) is 15.3. The number of hydrogen-bond acceptors (Lipinski definition) is 5. The second-order valence-corrected chi connectivity index (χ2v) is 9.48. The van der Waals surface area contributed by atoms with Gasteiger partial charge >= 0.3 is 5.97 Å². The minimum atomic E-state index is -0.532. The lowest BCUT2D eigenvalue weighted by atomic mass is 9.53. The molecule has 2 heterocycles. The van der Waals surface area contributed by atoms with E-state index in [-0.39, 0.29) is 47.3 Å². The molecule has 166 valence electrons. The number of ether oxygens (including phenoxy) is 1. The highest BCUT2D eigenvalue weighted by Crippen LogP contribution is 2.54. The van der Waals surface area contributed by atoms with Crippen LogP contribution in [0.15, 0.2) is 48.7 Å². The summed E-state index contributed by atoms with van der Waals surface area (Å²) in [4.78, 5) is 29.1. The van der Waals surface area contributed by atoms with E-state index in [9.17, 15) is 14.0 Å². The molecular formula is C26H27FN2O3. The number of hydrogen-bond donors (Lipinski definition) is 1. The van der Waals surface area contributed by atoms with Gasteiger partial charge in [-0.05, 0) is 55.5 Å². The van der Waals surface area contributed by atoms with E-state index in [0.29, 0.717) is 25.7 Å². The van der Waals surface area contributed by atoms with Crippen LogP contribution in [-0.2, 0) is 14.3 Å². The van der Waals surface area contributed by atoms with E-state index in [1.807, 2.05) is 31.2 Å². The highest BCUT2D eigenvalue weighted by molar-refractivity contribution is 5.81. The third-order valence-corrected chi connectivity index (χ3v) is 7.67. The molecule has 1 aromatic heterocycles. The van der Waals surface area contributed by atoms with Crippen LogP contribution in [0.3, 0.4) is 0 Å². The van der Waals surface area contributed by atoms with E-state index in [0.717, 1.165) is 16.8 Å². The molecule has 32 heavy (non-hydrogen) atoms. The summed E-state index contributed by atoms with van der Waals surface area (Å²) in [6.45, 7) is 1.94. The number of aromatic nitrogens is 1. The number of fused-ring (bicyclic) bond motifs is 2. The molecule has 5 nitrogen and oxygen atoms in total. The summed E-state index contributed by atoms with van der Waals surface area (Å²) in [5, 5.41) is 0. The molecule has 5 rings (SSSR count). The number of pyridine rings is 1. The average molecular weight is 435 g/mol. The summed E-state index contributed by atoms with van der Waals surface area (Å²) in [6.07, 6.45) is 7.71. The van der Waals surface area contributed by atoms with Crippen LogP contribution in [0, 0.1) is 29.5 Å². The molecule has 1 aromatic carbocycles. The number of ketones is 1. The van der Waals surface area contributed by atoms with Gasteiger partial charge in [0.15, 0.2) is 0 Å². The fourth-order valence-electron chi connectivity index (χ4n) is 6.01. The Morgan fingerprint density at radius 1 is 1.22 bits per heavy atom. The molecule has 0 amide bonds. The third-order valence-electron chi connectivity index (χ3n) is 7.67. The molecule has 2 saturated carbocycles. The van der Waals surface area contributed by atoms with E-state index < -0.39 is 5.54 Å². The van der Waals surface area contributed by atoms with Crippen LogP contribution in [0.5, 0.6) is 0 Å². The van der Waals surface area contributed by atoms with Gasteiger partial charge in [-0.3, -0.25) is 14.6 Å². The zero-order valence-corrected chi connectivity index (χ0v) is 18.0. The summed E-state index contributed by atoms with van der Waals surface area (Å²) in [5.41, 5.74) is 8.82. The van der Waals surface area contributed by atoms with Crippen molar-refractivity contribution in [3.63, 3.8) is 0 Å². The van der Waals surface area contributed by atoms with Crippen LogP contribution in [-0.4, -0.2) is 28.4 Å². The van der Waals surface area contributed by atoms with Gasteiger partial charge in [-0.15, -0.1) is 0 Å². The number of carbonyl (C=O) groups excluding carboxylic acids is 2. The number of nitrogens with two attached hydrogens (primary N) is 1. The summed E-state index contributed by atoms with van der Waals surface area (Å²) < 4.78 is 19.1. The van der Waals surface area contributed by atoms with Crippen molar-refractivity contribution < 1.29 is 18.7 Å². The van der Waals surface area contributed by atoms with Crippen LogP contribution in [0.25, 0.3) is 17.2 Å². The fourth-order valence-corrected chi connectivity index (χ4v) is 6.01. The molecule has 1 aliphatic heterocycles. The van der Waals surface area contributed by atoms with E-state index in [1.165, 1.54) is 12.1 Å². The van der Waals surface area contributed by atoms with Crippen LogP contribution in [0.2, 0.25) is 0 Å². The Labute approximate surface area is 186 Å². The summed E-state index contributed by atoms with van der Waals surface area (Å²) in [7, 11) is 0. The van der Waals surface area contributed by atoms with Gasteiger partial charge in [0, 0.05) is 42.0 Å². The van der Waals surface area contributed by atoms with Gasteiger partial charge < -0.3 is 10.5 Å². The molecule has 6 heteroatoms. The van der Waals surface area contributed by atoms with E-state index in [4.69, 9.17) is 10.5 Å². The topological polar surface area (TPSA) is 82.3 Å². The minimum Gasteiger partial charge on any atom is -0.462 e. The molecule has 0 bridgehead atoms. The maximum atomic E-state index is 13.5. The van der Waals surface area contributed by atoms with Crippen molar-refractivity contribution >= 4 is 17.8 Å². The molecule has 0 spiro atoms. The maximum absolute atomic E-state index is 13.5. The quantitative estimate of drug-likeness (QED) is 0.734. The first-order valence-corrected chi connectivity index (χ1v) is 11.3. The molecule has 6 atom stereocenters. The van der Waals surface area contributed by atoms with Gasteiger partial charge in [0.25, 0.3) is 0 Å². The molecule has 0 radical (unpaired) electrons. The molecule has 3 fully saturated rings. The van der Waals surface area contributed by atoms with Gasteiger partial charge in [-0.25, -0.2) is 4.39 Å². The third kappa shape index (κ3) is 3.56. The second-order valence-electron chi connectivity index (χ2n) is 9.48. The average Bonchev–Trinajstić information content (AvgIpc) is 3.05. The zero-order valence-electron chi connectivity index (χ0n) is 18.0. The predicted octanol–water partition coefficient (Wildman–Crippen LogP) is 4.17. The van der Waals surface area contributed by atoms with Crippen molar-refractivity contribution in [2.45, 2.75) is 44.2 Å². The maximum Gasteiger partial charge on any atom is 0.309 e. The van der Waals surface area contributed by atoms with Crippen LogP contribution in [0.4, 0.5) is 4.39 Å². The number of benzene rings is 1. The molecule has 2 aliphatic carbocycles. The fraction of sp³-hybridized carbons (Fsp3) is 0.423. The molecule has 1 unspecified atom stereocenters. The predicted molar refractivity (Wildman–Crippen MR) is 119 cm³/mol. The van der Waals surface area contributed by atoms with Gasteiger partial charge in [-0.1, -0.05) is 24.3 Å². The van der Waals surface area contributed by atoms with Gasteiger partial charge in [0.1, 0.15) is 17.7 Å². The number of carbonyl (C=O) groups is 2. The smallest absolute Gasteiger partial charge is 0.309 e. The first kappa shape index (κ1) is 21.0. The number of rotatable bonds is 3. The van der Waals surface area contributed by atoms with Crippen molar-refractivity contribution in [2.75, 3.05) is 0 Å². The van der Waals surface area contributed by atoms with Crippen LogP contribution >= 0.6 is 0 Å². The Kier molecular flexibility index (Phi) is 5.20. The summed E-state index contributed by atoms with van der Waals surface area (Å²) in [5.74, 6) is -0.527. The monoisotopic (exact) mass is 434 g/mol. The highest BCUT2D eigenvalue weighted by atomic mass is 19.1.